The first-order valence-corrected chi connectivity index (χ1v) is 7.56. The molecular formula is C15H30N2O2. The highest BCUT2D eigenvalue weighted by Gasteiger charge is 2.23. The van der Waals surface area contributed by atoms with Gasteiger partial charge >= 0.3 is 0 Å². The van der Waals surface area contributed by atoms with Crippen LogP contribution in [0.25, 0.3) is 0 Å². The summed E-state index contributed by atoms with van der Waals surface area (Å²) in [7, 11) is 1.70. The van der Waals surface area contributed by atoms with Gasteiger partial charge in [0.15, 0.2) is 0 Å². The quantitative estimate of drug-likeness (QED) is 0.770. The number of piperidine rings is 1. The monoisotopic (exact) mass is 270 g/mol. The Morgan fingerprint density at radius 3 is 2.79 bits per heavy atom. The van der Waals surface area contributed by atoms with Crippen molar-refractivity contribution in [2.75, 3.05) is 26.7 Å². The minimum absolute atomic E-state index is 0.173. The van der Waals surface area contributed by atoms with Crippen molar-refractivity contribution in [1.82, 2.24) is 10.2 Å². The van der Waals surface area contributed by atoms with Crippen molar-refractivity contribution in [3.63, 3.8) is 0 Å². The standard InChI is InChI=1S/C15H30N2O2/c1-12(2)16-10-14-6-5-9-17(11-14)15(18)8-7-13(3)19-4/h12-14,16H,5-11H2,1-4H3. The van der Waals surface area contributed by atoms with Crippen molar-refractivity contribution >= 4 is 5.91 Å². The normalized spacial score (nSPS) is 21.7. The molecule has 2 atom stereocenters. The Morgan fingerprint density at radius 2 is 2.16 bits per heavy atom. The molecule has 4 nitrogen and oxygen atoms in total. The number of hydrogen-bond donors (Lipinski definition) is 1. The fraction of sp³-hybridized carbons (Fsp3) is 0.933. The fourth-order valence-corrected chi connectivity index (χ4v) is 2.46. The van der Waals surface area contributed by atoms with Gasteiger partial charge in [-0.1, -0.05) is 13.8 Å². The number of likely N-dealkylation sites (tertiary alicyclic amines) is 1. The molecule has 1 amide bonds. The van der Waals surface area contributed by atoms with Gasteiger partial charge in [-0.3, -0.25) is 4.79 Å². The van der Waals surface area contributed by atoms with Gasteiger partial charge in [0.25, 0.3) is 0 Å². The summed E-state index contributed by atoms with van der Waals surface area (Å²) in [6.07, 6.45) is 3.97. The Hall–Kier alpha value is -0.610. The number of nitrogens with one attached hydrogen (secondary N) is 1. The lowest BCUT2D eigenvalue weighted by Crippen LogP contribution is -2.43. The molecule has 1 N–H and O–H groups in total. The van der Waals surface area contributed by atoms with E-state index >= 15 is 0 Å². The highest BCUT2D eigenvalue weighted by Crippen LogP contribution is 2.17. The summed E-state index contributed by atoms with van der Waals surface area (Å²) in [5, 5.41) is 3.48. The fourth-order valence-electron chi connectivity index (χ4n) is 2.46. The zero-order chi connectivity index (χ0) is 14.3. The van der Waals surface area contributed by atoms with Crippen LogP contribution in [-0.4, -0.2) is 49.7 Å². The molecule has 0 aromatic heterocycles. The van der Waals surface area contributed by atoms with Crippen LogP contribution in [0.3, 0.4) is 0 Å². The van der Waals surface area contributed by atoms with Crippen LogP contribution >= 0.6 is 0 Å². The van der Waals surface area contributed by atoms with Crippen LogP contribution in [-0.2, 0) is 9.53 Å². The van der Waals surface area contributed by atoms with E-state index in [1.165, 1.54) is 6.42 Å². The molecule has 0 aromatic carbocycles. The smallest absolute Gasteiger partial charge is 0.222 e. The Labute approximate surface area is 117 Å². The van der Waals surface area contributed by atoms with Gasteiger partial charge in [-0.15, -0.1) is 0 Å². The molecule has 2 unspecified atom stereocenters. The van der Waals surface area contributed by atoms with Crippen LogP contribution in [0.4, 0.5) is 0 Å². The number of ether oxygens (including phenoxy) is 1. The van der Waals surface area contributed by atoms with Crippen molar-refractivity contribution in [2.24, 2.45) is 5.92 Å². The molecule has 1 fully saturated rings. The van der Waals surface area contributed by atoms with E-state index in [1.807, 2.05) is 11.8 Å². The molecule has 0 saturated carbocycles. The summed E-state index contributed by atoms with van der Waals surface area (Å²) in [5.74, 6) is 0.901. The van der Waals surface area contributed by atoms with Gasteiger partial charge in [-0.25, -0.2) is 0 Å². The minimum Gasteiger partial charge on any atom is -0.382 e. The van der Waals surface area contributed by atoms with Gasteiger partial charge in [0.1, 0.15) is 0 Å². The summed E-state index contributed by atoms with van der Waals surface area (Å²) < 4.78 is 5.19. The van der Waals surface area contributed by atoms with Gasteiger partial charge in [0.05, 0.1) is 6.10 Å². The second kappa shape index (κ2) is 8.54. The summed E-state index contributed by atoms with van der Waals surface area (Å²) in [5.41, 5.74) is 0. The number of hydrogen-bond acceptors (Lipinski definition) is 3. The lowest BCUT2D eigenvalue weighted by Gasteiger charge is -2.33. The molecular weight excluding hydrogens is 240 g/mol. The number of nitrogens with zero attached hydrogens (tertiary/aromatic N) is 1. The van der Waals surface area contributed by atoms with Crippen LogP contribution in [0.2, 0.25) is 0 Å². The lowest BCUT2D eigenvalue weighted by molar-refractivity contribution is -0.133. The lowest BCUT2D eigenvalue weighted by atomic mass is 9.97. The molecule has 0 aromatic rings. The maximum atomic E-state index is 12.2. The van der Waals surface area contributed by atoms with Crippen molar-refractivity contribution < 1.29 is 9.53 Å². The molecule has 0 spiro atoms. The molecule has 112 valence electrons. The van der Waals surface area contributed by atoms with E-state index in [4.69, 9.17) is 4.74 Å². The third-order valence-corrected chi connectivity index (χ3v) is 3.85. The van der Waals surface area contributed by atoms with E-state index in [-0.39, 0.29) is 12.0 Å². The molecule has 1 rings (SSSR count). The molecule has 0 bridgehead atoms. The molecule has 1 saturated heterocycles. The summed E-state index contributed by atoms with van der Waals surface area (Å²) in [4.78, 5) is 14.2. The topological polar surface area (TPSA) is 41.6 Å². The van der Waals surface area contributed by atoms with Crippen molar-refractivity contribution in [2.45, 2.75) is 58.6 Å². The largest absolute Gasteiger partial charge is 0.382 e. The molecule has 0 radical (unpaired) electrons. The van der Waals surface area contributed by atoms with Crippen LogP contribution in [0.5, 0.6) is 0 Å². The maximum Gasteiger partial charge on any atom is 0.222 e. The van der Waals surface area contributed by atoms with E-state index in [2.05, 4.69) is 19.2 Å². The second-order valence-electron chi connectivity index (χ2n) is 6.00. The van der Waals surface area contributed by atoms with Gasteiger partial charge < -0.3 is 15.0 Å². The average Bonchev–Trinajstić information content (AvgIpc) is 2.42. The molecule has 4 heteroatoms. The number of carbonyl (C=O) groups is 1. The van der Waals surface area contributed by atoms with Crippen molar-refractivity contribution in [3.05, 3.63) is 0 Å². The predicted octanol–water partition coefficient (Wildman–Crippen LogP) is 2.04. The third kappa shape index (κ3) is 6.39. The maximum absolute atomic E-state index is 12.2. The van der Waals surface area contributed by atoms with Gasteiger partial charge in [0, 0.05) is 32.7 Å². The Kier molecular flexibility index (Phi) is 7.39. The summed E-state index contributed by atoms with van der Waals surface area (Å²) in [6, 6.07) is 0.522. The molecule has 1 aliphatic heterocycles. The van der Waals surface area contributed by atoms with Crippen LogP contribution < -0.4 is 5.32 Å². The first-order chi connectivity index (χ1) is 9.02. The first kappa shape index (κ1) is 16.4. The SMILES string of the molecule is COC(C)CCC(=O)N1CCCC(CNC(C)C)C1. The van der Waals surface area contributed by atoms with E-state index < -0.39 is 0 Å². The molecule has 1 aliphatic rings. The van der Waals surface area contributed by atoms with Crippen LogP contribution in [0.1, 0.15) is 46.5 Å². The predicted molar refractivity (Wildman–Crippen MR) is 78.1 cm³/mol. The van der Waals surface area contributed by atoms with Crippen molar-refractivity contribution in [1.29, 1.82) is 0 Å². The molecule has 19 heavy (non-hydrogen) atoms. The van der Waals surface area contributed by atoms with Gasteiger partial charge in [0.2, 0.25) is 5.91 Å². The van der Waals surface area contributed by atoms with Gasteiger partial charge in [-0.2, -0.15) is 0 Å². The highest BCUT2D eigenvalue weighted by molar-refractivity contribution is 5.76. The van der Waals surface area contributed by atoms with E-state index in [9.17, 15) is 4.79 Å². The second-order valence-corrected chi connectivity index (χ2v) is 6.00. The number of methoxy groups -OCH3 is 1. The van der Waals surface area contributed by atoms with E-state index in [0.717, 1.165) is 32.5 Å². The van der Waals surface area contributed by atoms with Crippen LogP contribution in [0.15, 0.2) is 0 Å². The highest BCUT2D eigenvalue weighted by atomic mass is 16.5. The first-order valence-electron chi connectivity index (χ1n) is 7.56. The Balaban J connectivity index is 2.30. The number of amides is 1. The zero-order valence-electron chi connectivity index (χ0n) is 12.9. The van der Waals surface area contributed by atoms with Gasteiger partial charge in [-0.05, 0) is 38.6 Å². The zero-order valence-corrected chi connectivity index (χ0v) is 12.9. The van der Waals surface area contributed by atoms with E-state index in [1.54, 1.807) is 7.11 Å². The summed E-state index contributed by atoms with van der Waals surface area (Å²) >= 11 is 0. The van der Waals surface area contributed by atoms with E-state index in [0.29, 0.717) is 18.4 Å². The Bertz CT molecular complexity index is 269. The molecule has 1 heterocycles. The molecule has 0 aliphatic carbocycles. The van der Waals surface area contributed by atoms with Crippen LogP contribution in [0, 0.1) is 5.92 Å². The number of carbonyl (C=O) groups excluding carboxylic acids is 1. The van der Waals surface area contributed by atoms with Crippen molar-refractivity contribution in [3.8, 4) is 0 Å². The summed E-state index contributed by atoms with van der Waals surface area (Å²) in [6.45, 7) is 9.21. The average molecular weight is 270 g/mol. The minimum atomic E-state index is 0.173. The number of rotatable bonds is 7. The Morgan fingerprint density at radius 1 is 1.42 bits per heavy atom. The third-order valence-electron chi connectivity index (χ3n) is 3.85.